The monoisotopic (exact) mass is 386 g/mol. The van der Waals surface area contributed by atoms with Crippen molar-refractivity contribution in [3.8, 4) is 5.69 Å². The first-order chi connectivity index (χ1) is 13.1. The van der Waals surface area contributed by atoms with E-state index in [1.807, 2.05) is 30.3 Å². The number of nitrogens with one attached hydrogen (secondary N) is 1. The molecule has 0 aliphatic carbocycles. The number of aromatic nitrogens is 2. The van der Waals surface area contributed by atoms with Gasteiger partial charge in [0, 0.05) is 44.7 Å². The van der Waals surface area contributed by atoms with Crippen molar-refractivity contribution in [2.75, 3.05) is 32.8 Å². The molecule has 27 heavy (non-hydrogen) atoms. The topological polar surface area (TPSA) is 70.6 Å². The van der Waals surface area contributed by atoms with E-state index < -0.39 is 0 Å². The Bertz CT molecular complexity index is 878. The van der Waals surface area contributed by atoms with Crippen molar-refractivity contribution in [2.45, 2.75) is 18.9 Å². The number of carbonyl (C=O) groups excluding carboxylic acids is 2. The maximum Gasteiger partial charge on any atom is 0.272 e. The van der Waals surface area contributed by atoms with E-state index in [2.05, 4.69) is 4.98 Å². The van der Waals surface area contributed by atoms with Gasteiger partial charge in [-0.15, -0.1) is 0 Å². The molecule has 7 nitrogen and oxygen atoms in total. The maximum atomic E-state index is 13.1. The van der Waals surface area contributed by atoms with E-state index in [1.165, 1.54) is 0 Å². The van der Waals surface area contributed by atoms with Crippen molar-refractivity contribution < 1.29 is 14.3 Å². The first kappa shape index (κ1) is 17.9. The van der Waals surface area contributed by atoms with Crippen molar-refractivity contribution in [3.05, 3.63) is 47.0 Å². The lowest BCUT2D eigenvalue weighted by molar-refractivity contribution is -0.142. The standard InChI is InChI=1S/C19H22N4O3S/c24-17(15-13-20-19(27)23(15)14-5-2-1-3-6-14)21-8-10-22(11-9-21)18(25)16-7-4-12-26-16/h1-3,5-6,13,16H,4,7-12H2,(H,20,27)/t16-/m0/s1. The molecule has 1 aromatic heterocycles. The molecule has 8 heteroatoms. The Labute approximate surface area is 162 Å². The molecule has 2 amide bonds. The average Bonchev–Trinajstić information content (AvgIpc) is 3.37. The van der Waals surface area contributed by atoms with Crippen molar-refractivity contribution in [2.24, 2.45) is 0 Å². The van der Waals surface area contributed by atoms with Gasteiger partial charge in [-0.3, -0.25) is 14.2 Å². The molecule has 1 N–H and O–H groups in total. The average molecular weight is 386 g/mol. The number of ether oxygens (including phenoxy) is 1. The second-order valence-corrected chi connectivity index (χ2v) is 7.16. The Balaban J connectivity index is 1.46. The minimum atomic E-state index is -0.306. The van der Waals surface area contributed by atoms with Crippen LogP contribution in [0.15, 0.2) is 36.5 Å². The van der Waals surface area contributed by atoms with E-state index in [4.69, 9.17) is 17.0 Å². The molecule has 142 valence electrons. The van der Waals surface area contributed by atoms with Crippen molar-refractivity contribution in [1.82, 2.24) is 19.4 Å². The lowest BCUT2D eigenvalue weighted by Crippen LogP contribution is -2.53. The van der Waals surface area contributed by atoms with E-state index in [1.54, 1.807) is 20.6 Å². The molecule has 1 atom stereocenters. The molecule has 0 unspecified atom stereocenters. The molecule has 0 bridgehead atoms. The minimum absolute atomic E-state index is 0.0495. The summed E-state index contributed by atoms with van der Waals surface area (Å²) in [6, 6.07) is 9.57. The summed E-state index contributed by atoms with van der Waals surface area (Å²) in [5, 5.41) is 0. The Morgan fingerprint density at radius 1 is 1.07 bits per heavy atom. The van der Waals surface area contributed by atoms with Gasteiger partial charge in [0.05, 0.1) is 0 Å². The number of H-pyrrole nitrogens is 1. The molecule has 3 heterocycles. The summed E-state index contributed by atoms with van der Waals surface area (Å²) in [6.07, 6.45) is 3.08. The van der Waals surface area contributed by atoms with Gasteiger partial charge in [-0.1, -0.05) is 18.2 Å². The van der Waals surface area contributed by atoms with Crippen LogP contribution in [0.3, 0.4) is 0 Å². The quantitative estimate of drug-likeness (QED) is 0.819. The van der Waals surface area contributed by atoms with Crippen LogP contribution in [0.25, 0.3) is 5.69 Å². The molecule has 4 rings (SSSR count). The van der Waals surface area contributed by atoms with Crippen LogP contribution in [0.1, 0.15) is 23.3 Å². The van der Waals surface area contributed by atoms with Crippen molar-refractivity contribution >= 4 is 24.0 Å². The van der Waals surface area contributed by atoms with Gasteiger partial charge in [0.2, 0.25) is 0 Å². The van der Waals surface area contributed by atoms with Crippen LogP contribution >= 0.6 is 12.2 Å². The third-order valence-electron chi connectivity index (χ3n) is 5.09. The summed E-state index contributed by atoms with van der Waals surface area (Å²) in [5.41, 5.74) is 1.35. The number of hydrogen-bond acceptors (Lipinski definition) is 4. The molecular formula is C19H22N4O3S. The second-order valence-electron chi connectivity index (χ2n) is 6.77. The van der Waals surface area contributed by atoms with Gasteiger partial charge < -0.3 is 19.5 Å². The third-order valence-corrected chi connectivity index (χ3v) is 5.39. The molecule has 0 saturated carbocycles. The van der Waals surface area contributed by atoms with Gasteiger partial charge >= 0.3 is 0 Å². The fraction of sp³-hybridized carbons (Fsp3) is 0.421. The fourth-order valence-corrected chi connectivity index (χ4v) is 3.89. The molecule has 2 aliphatic heterocycles. The number of benzene rings is 1. The van der Waals surface area contributed by atoms with Gasteiger partial charge in [0.15, 0.2) is 4.77 Å². The van der Waals surface area contributed by atoms with E-state index >= 15 is 0 Å². The number of nitrogens with zero attached hydrogens (tertiary/aromatic N) is 3. The molecule has 2 aromatic rings. The van der Waals surface area contributed by atoms with Crippen molar-refractivity contribution in [3.63, 3.8) is 0 Å². The summed E-state index contributed by atoms with van der Waals surface area (Å²) in [4.78, 5) is 32.1. The number of aromatic amines is 1. The highest BCUT2D eigenvalue weighted by atomic mass is 32.1. The fourth-order valence-electron chi connectivity index (χ4n) is 3.63. The van der Waals surface area contributed by atoms with Crippen LogP contribution in [0.5, 0.6) is 0 Å². The third kappa shape index (κ3) is 3.54. The van der Waals surface area contributed by atoms with Crippen LogP contribution < -0.4 is 0 Å². The first-order valence-electron chi connectivity index (χ1n) is 9.20. The van der Waals surface area contributed by atoms with Crippen LogP contribution in [0.4, 0.5) is 0 Å². The zero-order chi connectivity index (χ0) is 18.8. The molecule has 0 spiro atoms. The Hall–Kier alpha value is -2.45. The second kappa shape index (κ2) is 7.66. The van der Waals surface area contributed by atoms with E-state index in [-0.39, 0.29) is 17.9 Å². The summed E-state index contributed by atoms with van der Waals surface area (Å²) < 4.78 is 7.72. The Morgan fingerprint density at radius 2 is 1.78 bits per heavy atom. The van der Waals surface area contributed by atoms with Crippen LogP contribution in [0.2, 0.25) is 0 Å². The number of imidazole rings is 1. The number of rotatable bonds is 3. The number of amides is 2. The van der Waals surface area contributed by atoms with E-state index in [0.717, 1.165) is 18.5 Å². The Morgan fingerprint density at radius 3 is 2.44 bits per heavy atom. The molecule has 2 aliphatic rings. The van der Waals surface area contributed by atoms with Crippen molar-refractivity contribution in [1.29, 1.82) is 0 Å². The molecule has 2 saturated heterocycles. The lowest BCUT2D eigenvalue weighted by Gasteiger charge is -2.35. The highest BCUT2D eigenvalue weighted by molar-refractivity contribution is 7.71. The lowest BCUT2D eigenvalue weighted by atomic mass is 10.2. The summed E-state index contributed by atoms with van der Waals surface area (Å²) >= 11 is 5.36. The van der Waals surface area contributed by atoms with Crippen LogP contribution in [0, 0.1) is 4.77 Å². The van der Waals surface area contributed by atoms with Crippen LogP contribution in [-0.2, 0) is 9.53 Å². The van der Waals surface area contributed by atoms with Gasteiger partial charge in [-0.2, -0.15) is 0 Å². The normalized spacial score (nSPS) is 20.1. The van der Waals surface area contributed by atoms with E-state index in [9.17, 15) is 9.59 Å². The summed E-state index contributed by atoms with van der Waals surface area (Å²) in [5.74, 6) is -0.0381. The van der Waals surface area contributed by atoms with Gasteiger partial charge in [-0.25, -0.2) is 0 Å². The molecule has 0 radical (unpaired) electrons. The van der Waals surface area contributed by atoms with E-state index in [0.29, 0.717) is 43.3 Å². The Kier molecular flexibility index (Phi) is 5.09. The summed E-state index contributed by atoms with van der Waals surface area (Å²) in [6.45, 7) is 2.72. The summed E-state index contributed by atoms with van der Waals surface area (Å²) in [7, 11) is 0. The maximum absolute atomic E-state index is 13.1. The SMILES string of the molecule is O=C(c1c[nH]c(=S)n1-c1ccccc1)N1CCN(C(=O)[C@@H]2CCCO2)CC1. The zero-order valence-electron chi connectivity index (χ0n) is 15.0. The van der Waals surface area contributed by atoms with Gasteiger partial charge in [0.25, 0.3) is 11.8 Å². The number of piperazine rings is 1. The first-order valence-corrected chi connectivity index (χ1v) is 9.61. The predicted octanol–water partition coefficient (Wildman–Crippen LogP) is 2.00. The highest BCUT2D eigenvalue weighted by Crippen LogP contribution is 2.18. The number of hydrogen-bond donors (Lipinski definition) is 1. The smallest absolute Gasteiger partial charge is 0.272 e. The number of carbonyl (C=O) groups is 2. The largest absolute Gasteiger partial charge is 0.368 e. The zero-order valence-corrected chi connectivity index (χ0v) is 15.8. The van der Waals surface area contributed by atoms with Crippen LogP contribution in [-0.4, -0.2) is 70.1 Å². The molecular weight excluding hydrogens is 364 g/mol. The molecule has 2 fully saturated rings. The highest BCUT2D eigenvalue weighted by Gasteiger charge is 2.32. The minimum Gasteiger partial charge on any atom is -0.368 e. The predicted molar refractivity (Wildman–Crippen MR) is 102 cm³/mol. The molecule has 1 aromatic carbocycles. The van der Waals surface area contributed by atoms with Gasteiger partial charge in [0.1, 0.15) is 11.8 Å². The van der Waals surface area contributed by atoms with Gasteiger partial charge in [-0.05, 0) is 37.2 Å². The number of para-hydroxylation sites is 1.